The van der Waals surface area contributed by atoms with Crippen molar-refractivity contribution in [2.45, 2.75) is 5.41 Å². The molecule has 1 aliphatic carbocycles. The number of nitrogens with zero attached hydrogens (tertiary/aromatic N) is 4. The zero-order valence-electron chi connectivity index (χ0n) is 31.4. The maximum atomic E-state index is 5.32. The van der Waals surface area contributed by atoms with Gasteiger partial charge >= 0.3 is 0 Å². The molecule has 1 spiro atoms. The molecule has 0 fully saturated rings. The third kappa shape index (κ3) is 4.72. The van der Waals surface area contributed by atoms with Crippen LogP contribution >= 0.6 is 0 Å². The SMILES string of the molecule is c1ccc(-c2cc(-c3ccc(-c4ccc5c(c4)C4(c6ccccc6-5)c5ccccc5-n5c(-c6ccccc6)nc6cccc4c65)cc3)nc(-c3ccccc3)n2)cc1. The Kier molecular flexibility index (Phi) is 7.11. The van der Waals surface area contributed by atoms with E-state index in [1.54, 1.807) is 0 Å². The first-order valence-electron chi connectivity index (χ1n) is 19.8. The molecule has 2 aromatic heterocycles. The maximum Gasteiger partial charge on any atom is 0.160 e. The molecule has 3 heterocycles. The molecule has 10 aromatic rings. The lowest BCUT2D eigenvalue weighted by molar-refractivity contribution is 0.746. The third-order valence-electron chi connectivity index (χ3n) is 12.0. The van der Waals surface area contributed by atoms with Gasteiger partial charge in [0.25, 0.3) is 0 Å². The molecule has 0 saturated heterocycles. The molecule has 0 radical (unpaired) electrons. The molecule has 12 rings (SSSR count). The molecule has 4 heteroatoms. The lowest BCUT2D eigenvalue weighted by Gasteiger charge is -2.39. The van der Waals surface area contributed by atoms with Crippen molar-refractivity contribution < 1.29 is 0 Å². The fourth-order valence-corrected chi connectivity index (χ4v) is 9.52. The average molecular weight is 739 g/mol. The predicted molar refractivity (Wildman–Crippen MR) is 235 cm³/mol. The summed E-state index contributed by atoms with van der Waals surface area (Å²) in [6.07, 6.45) is 0. The van der Waals surface area contributed by atoms with Gasteiger partial charge in [0, 0.05) is 22.3 Å². The van der Waals surface area contributed by atoms with E-state index >= 15 is 0 Å². The van der Waals surface area contributed by atoms with E-state index in [1.165, 1.54) is 38.9 Å². The van der Waals surface area contributed by atoms with Crippen molar-refractivity contribution in [2.24, 2.45) is 0 Å². The van der Waals surface area contributed by atoms with Crippen LogP contribution in [0.15, 0.2) is 206 Å². The smallest absolute Gasteiger partial charge is 0.160 e. The normalized spacial score (nSPS) is 14.6. The molecule has 1 aliphatic heterocycles. The van der Waals surface area contributed by atoms with Gasteiger partial charge in [0.15, 0.2) is 5.82 Å². The summed E-state index contributed by atoms with van der Waals surface area (Å²) in [5.74, 6) is 1.67. The van der Waals surface area contributed by atoms with E-state index in [0.29, 0.717) is 5.82 Å². The molecule has 58 heavy (non-hydrogen) atoms. The van der Waals surface area contributed by atoms with Gasteiger partial charge < -0.3 is 0 Å². The summed E-state index contributed by atoms with van der Waals surface area (Å²) >= 11 is 0. The number of imidazole rings is 1. The van der Waals surface area contributed by atoms with Crippen molar-refractivity contribution in [3.63, 3.8) is 0 Å². The molecule has 0 bridgehead atoms. The first-order chi connectivity index (χ1) is 28.8. The summed E-state index contributed by atoms with van der Waals surface area (Å²) in [7, 11) is 0. The Morgan fingerprint density at radius 3 is 1.64 bits per heavy atom. The van der Waals surface area contributed by atoms with Crippen molar-refractivity contribution >= 4 is 11.0 Å². The summed E-state index contributed by atoms with van der Waals surface area (Å²) in [4.78, 5) is 15.4. The van der Waals surface area contributed by atoms with Crippen LogP contribution in [0.5, 0.6) is 0 Å². The van der Waals surface area contributed by atoms with Crippen molar-refractivity contribution in [3.8, 4) is 73.2 Å². The van der Waals surface area contributed by atoms with Gasteiger partial charge in [-0.3, -0.25) is 4.57 Å². The maximum absolute atomic E-state index is 5.32. The van der Waals surface area contributed by atoms with Crippen LogP contribution in [0, 0.1) is 0 Å². The summed E-state index contributed by atoms with van der Waals surface area (Å²) in [6, 6.07) is 73.7. The molecule has 4 nitrogen and oxygen atoms in total. The van der Waals surface area contributed by atoms with Crippen LogP contribution in [0.1, 0.15) is 22.3 Å². The summed E-state index contributed by atoms with van der Waals surface area (Å²) in [5.41, 5.74) is 18.7. The molecular formula is C54H34N4. The number of aromatic nitrogens is 4. The molecule has 8 aromatic carbocycles. The number of benzene rings is 8. The van der Waals surface area contributed by atoms with Crippen LogP contribution in [-0.4, -0.2) is 19.5 Å². The van der Waals surface area contributed by atoms with Crippen molar-refractivity contribution in [1.29, 1.82) is 0 Å². The minimum Gasteiger partial charge on any atom is -0.292 e. The third-order valence-corrected chi connectivity index (χ3v) is 12.0. The lowest BCUT2D eigenvalue weighted by atomic mass is 9.65. The Morgan fingerprint density at radius 2 is 0.897 bits per heavy atom. The number of para-hydroxylation sites is 2. The average Bonchev–Trinajstić information content (AvgIpc) is 3.84. The van der Waals surface area contributed by atoms with Crippen LogP contribution in [-0.2, 0) is 5.41 Å². The van der Waals surface area contributed by atoms with Gasteiger partial charge in [-0.15, -0.1) is 0 Å². The van der Waals surface area contributed by atoms with Crippen molar-refractivity contribution in [1.82, 2.24) is 19.5 Å². The molecule has 270 valence electrons. The summed E-state index contributed by atoms with van der Waals surface area (Å²) < 4.78 is 2.39. The number of fused-ring (bicyclic) bond motifs is 9. The quantitative estimate of drug-likeness (QED) is 0.177. The second-order valence-electron chi connectivity index (χ2n) is 15.2. The predicted octanol–water partition coefficient (Wildman–Crippen LogP) is 12.8. The van der Waals surface area contributed by atoms with Gasteiger partial charge in [-0.2, -0.15) is 0 Å². The molecule has 0 saturated carbocycles. The second-order valence-corrected chi connectivity index (χ2v) is 15.2. The molecule has 1 atom stereocenters. The standard InChI is InChI=1S/C54H34N4/c1-4-15-36(16-5-1)48-34-49(56-52(55-48)38-17-6-2-7-18-38)37-29-27-35(28-30-37)40-31-32-42-41-21-10-11-22-43(41)54(46(42)33-40)44-23-12-13-26-50(44)58-51-45(54)24-14-25-47(51)57-53(58)39-19-8-3-9-20-39/h1-34H. The highest BCUT2D eigenvalue weighted by atomic mass is 15.1. The minimum absolute atomic E-state index is 0.537. The van der Waals surface area contributed by atoms with E-state index in [9.17, 15) is 0 Å². The number of hydrogen-bond donors (Lipinski definition) is 0. The van der Waals surface area contributed by atoms with Crippen LogP contribution in [0.4, 0.5) is 0 Å². The molecular weight excluding hydrogens is 705 g/mol. The van der Waals surface area contributed by atoms with E-state index in [4.69, 9.17) is 15.0 Å². The fourth-order valence-electron chi connectivity index (χ4n) is 9.52. The van der Waals surface area contributed by atoms with Crippen molar-refractivity contribution in [2.75, 3.05) is 0 Å². The monoisotopic (exact) mass is 738 g/mol. The zero-order valence-corrected chi connectivity index (χ0v) is 31.4. The zero-order chi connectivity index (χ0) is 38.2. The van der Waals surface area contributed by atoms with Crippen LogP contribution in [0.3, 0.4) is 0 Å². The highest BCUT2D eigenvalue weighted by Gasteiger charge is 2.51. The lowest BCUT2D eigenvalue weighted by Crippen LogP contribution is -2.33. The highest BCUT2D eigenvalue weighted by molar-refractivity contribution is 5.98. The topological polar surface area (TPSA) is 43.6 Å². The Labute approximate surface area is 336 Å². The van der Waals surface area contributed by atoms with Gasteiger partial charge in [0.05, 0.1) is 33.5 Å². The Bertz CT molecular complexity index is 3150. The number of hydrogen-bond acceptors (Lipinski definition) is 3. The first kappa shape index (κ1) is 32.5. The van der Waals surface area contributed by atoms with E-state index in [0.717, 1.165) is 61.8 Å². The second kappa shape index (κ2) is 12.7. The highest BCUT2D eigenvalue weighted by Crippen LogP contribution is 2.61. The molecule has 1 unspecified atom stereocenters. The largest absolute Gasteiger partial charge is 0.292 e. The van der Waals surface area contributed by atoms with Crippen LogP contribution < -0.4 is 0 Å². The molecule has 0 amide bonds. The Balaban J connectivity index is 1.03. The summed E-state index contributed by atoms with van der Waals surface area (Å²) in [5, 5.41) is 0. The molecule has 2 aliphatic rings. The van der Waals surface area contributed by atoms with E-state index in [1.807, 2.05) is 24.3 Å². The van der Waals surface area contributed by atoms with Gasteiger partial charge in [0.1, 0.15) is 5.82 Å². The first-order valence-corrected chi connectivity index (χ1v) is 19.8. The summed E-state index contributed by atoms with van der Waals surface area (Å²) in [6.45, 7) is 0. The van der Waals surface area contributed by atoms with Gasteiger partial charge in [-0.05, 0) is 68.8 Å². The van der Waals surface area contributed by atoms with E-state index in [2.05, 4.69) is 187 Å². The van der Waals surface area contributed by atoms with E-state index in [-0.39, 0.29) is 0 Å². The van der Waals surface area contributed by atoms with Crippen molar-refractivity contribution in [3.05, 3.63) is 229 Å². The van der Waals surface area contributed by atoms with Crippen LogP contribution in [0.2, 0.25) is 0 Å². The Hall–Kier alpha value is -7.69. The number of rotatable bonds is 5. The van der Waals surface area contributed by atoms with Crippen LogP contribution in [0.25, 0.3) is 84.3 Å². The minimum atomic E-state index is -0.537. The van der Waals surface area contributed by atoms with Gasteiger partial charge in [-0.25, -0.2) is 15.0 Å². The van der Waals surface area contributed by atoms with Gasteiger partial charge in [0.2, 0.25) is 0 Å². The molecule has 0 N–H and O–H groups in total. The van der Waals surface area contributed by atoms with E-state index < -0.39 is 5.41 Å². The fraction of sp³-hybridized carbons (Fsp3) is 0.0185. The van der Waals surface area contributed by atoms with Gasteiger partial charge in [-0.1, -0.05) is 182 Å². The Morgan fingerprint density at radius 1 is 0.345 bits per heavy atom.